The Balaban J connectivity index is 1.83. The number of aryl methyl sites for hydroxylation is 2. The summed E-state index contributed by atoms with van der Waals surface area (Å²) in [6, 6.07) is 18.8. The van der Waals surface area contributed by atoms with Gasteiger partial charge < -0.3 is 9.47 Å². The molecule has 1 heterocycles. The zero-order chi connectivity index (χ0) is 22.8. The SMILES string of the molecule is COc1ccc(/C=C2\N=C(c3ccc(Cl)cc3)N(c3cc(C)cc(C)c3)C2=O)cc1OC. The molecule has 32 heavy (non-hydrogen) atoms. The van der Waals surface area contributed by atoms with Crippen LogP contribution in [0.3, 0.4) is 0 Å². The van der Waals surface area contributed by atoms with E-state index in [1.807, 2.05) is 50.2 Å². The van der Waals surface area contributed by atoms with Crippen molar-refractivity contribution in [1.82, 2.24) is 0 Å². The summed E-state index contributed by atoms with van der Waals surface area (Å²) in [4.78, 5) is 19.9. The minimum atomic E-state index is -0.199. The van der Waals surface area contributed by atoms with Crippen molar-refractivity contribution in [2.24, 2.45) is 4.99 Å². The molecule has 3 aromatic rings. The van der Waals surface area contributed by atoms with Gasteiger partial charge in [-0.25, -0.2) is 4.99 Å². The average molecular weight is 447 g/mol. The van der Waals surface area contributed by atoms with E-state index in [9.17, 15) is 4.79 Å². The Morgan fingerprint density at radius 3 is 2.16 bits per heavy atom. The van der Waals surface area contributed by atoms with E-state index in [1.165, 1.54) is 0 Å². The first-order valence-electron chi connectivity index (χ1n) is 10.1. The third-order valence-electron chi connectivity index (χ3n) is 5.14. The number of anilines is 1. The Morgan fingerprint density at radius 1 is 0.875 bits per heavy atom. The fourth-order valence-corrected chi connectivity index (χ4v) is 3.86. The first-order chi connectivity index (χ1) is 15.4. The molecule has 0 aliphatic carbocycles. The number of rotatable bonds is 5. The highest BCUT2D eigenvalue weighted by Gasteiger charge is 2.32. The number of hydrogen-bond acceptors (Lipinski definition) is 4. The highest BCUT2D eigenvalue weighted by atomic mass is 35.5. The molecule has 5 nitrogen and oxygen atoms in total. The molecule has 0 fully saturated rings. The molecule has 1 aliphatic heterocycles. The Morgan fingerprint density at radius 2 is 1.53 bits per heavy atom. The van der Waals surface area contributed by atoms with Crippen LogP contribution in [-0.2, 0) is 4.79 Å². The molecular weight excluding hydrogens is 424 g/mol. The summed E-state index contributed by atoms with van der Waals surface area (Å²) in [6.45, 7) is 4.02. The number of amides is 1. The minimum absolute atomic E-state index is 0.199. The van der Waals surface area contributed by atoms with Crippen molar-refractivity contribution >= 4 is 35.1 Å². The summed E-state index contributed by atoms with van der Waals surface area (Å²) in [5, 5.41) is 0.623. The Kier molecular flexibility index (Phi) is 6.01. The van der Waals surface area contributed by atoms with Crippen LogP contribution < -0.4 is 14.4 Å². The normalized spacial score (nSPS) is 14.7. The van der Waals surface area contributed by atoms with Crippen LogP contribution in [0.25, 0.3) is 6.08 Å². The van der Waals surface area contributed by atoms with E-state index < -0.39 is 0 Å². The van der Waals surface area contributed by atoms with Gasteiger partial charge in [0.2, 0.25) is 0 Å². The first-order valence-corrected chi connectivity index (χ1v) is 10.5. The van der Waals surface area contributed by atoms with Gasteiger partial charge in [0.25, 0.3) is 5.91 Å². The first kappa shape index (κ1) is 21.7. The van der Waals surface area contributed by atoms with Gasteiger partial charge in [0.15, 0.2) is 11.5 Å². The standard InChI is InChI=1S/C26H23ClN2O3/c1-16-11-17(2)13-21(12-16)29-25(19-6-8-20(27)9-7-19)28-22(26(29)30)14-18-5-10-23(31-3)24(15-18)32-4/h5-15H,1-4H3/b22-14-. The molecule has 162 valence electrons. The van der Waals surface area contributed by atoms with Crippen LogP contribution in [0.1, 0.15) is 22.3 Å². The summed E-state index contributed by atoms with van der Waals surface area (Å²) >= 11 is 6.08. The maximum absolute atomic E-state index is 13.5. The number of carbonyl (C=O) groups excluding carboxylic acids is 1. The summed E-state index contributed by atoms with van der Waals surface area (Å²) in [5.41, 5.74) is 4.84. The maximum atomic E-state index is 13.5. The van der Waals surface area contributed by atoms with Crippen molar-refractivity contribution in [1.29, 1.82) is 0 Å². The molecule has 6 heteroatoms. The summed E-state index contributed by atoms with van der Waals surface area (Å²) < 4.78 is 10.7. The highest BCUT2D eigenvalue weighted by molar-refractivity contribution is 6.34. The Labute approximate surface area is 192 Å². The largest absolute Gasteiger partial charge is 0.493 e. The fraction of sp³-hybridized carbons (Fsp3) is 0.154. The number of carbonyl (C=O) groups is 1. The maximum Gasteiger partial charge on any atom is 0.282 e. The van der Waals surface area contributed by atoms with Crippen molar-refractivity contribution in [3.63, 3.8) is 0 Å². The van der Waals surface area contributed by atoms with Gasteiger partial charge in [-0.2, -0.15) is 0 Å². The lowest BCUT2D eigenvalue weighted by Crippen LogP contribution is -2.32. The topological polar surface area (TPSA) is 51.1 Å². The lowest BCUT2D eigenvalue weighted by molar-refractivity contribution is -0.113. The van der Waals surface area contributed by atoms with Crippen LogP contribution in [0, 0.1) is 13.8 Å². The average Bonchev–Trinajstić information content (AvgIpc) is 3.09. The molecule has 1 amide bonds. The number of methoxy groups -OCH3 is 2. The Hall–Kier alpha value is -3.57. The van der Waals surface area contributed by atoms with E-state index in [0.717, 1.165) is 27.9 Å². The van der Waals surface area contributed by atoms with Crippen LogP contribution in [0.5, 0.6) is 11.5 Å². The van der Waals surface area contributed by atoms with Crippen molar-refractivity contribution in [2.75, 3.05) is 19.1 Å². The molecule has 0 radical (unpaired) electrons. The zero-order valence-corrected chi connectivity index (χ0v) is 19.1. The predicted octanol–water partition coefficient (Wildman–Crippen LogP) is 5.81. The van der Waals surface area contributed by atoms with Crippen LogP contribution in [0.15, 0.2) is 71.4 Å². The molecule has 4 rings (SSSR count). The number of halogens is 1. The quantitative estimate of drug-likeness (QED) is 0.465. The molecule has 0 aromatic heterocycles. The lowest BCUT2D eigenvalue weighted by Gasteiger charge is -2.20. The van der Waals surface area contributed by atoms with Crippen LogP contribution >= 0.6 is 11.6 Å². The molecule has 0 N–H and O–H groups in total. The lowest BCUT2D eigenvalue weighted by atomic mass is 10.1. The third kappa shape index (κ3) is 4.25. The number of benzene rings is 3. The molecule has 0 saturated carbocycles. The van der Waals surface area contributed by atoms with E-state index in [1.54, 1.807) is 43.4 Å². The number of amidine groups is 1. The van der Waals surface area contributed by atoms with Gasteiger partial charge in [-0.05, 0) is 85.1 Å². The van der Waals surface area contributed by atoms with Gasteiger partial charge in [0.05, 0.1) is 19.9 Å². The Bertz CT molecular complexity index is 1230. The van der Waals surface area contributed by atoms with E-state index in [4.69, 9.17) is 26.1 Å². The second kappa shape index (κ2) is 8.89. The monoisotopic (exact) mass is 446 g/mol. The molecular formula is C26H23ClN2O3. The third-order valence-corrected chi connectivity index (χ3v) is 5.39. The van der Waals surface area contributed by atoms with Crippen LogP contribution in [-0.4, -0.2) is 26.0 Å². The second-order valence-electron chi connectivity index (χ2n) is 7.57. The number of aliphatic imine (C=N–C) groups is 1. The number of ether oxygens (including phenoxy) is 2. The second-order valence-corrected chi connectivity index (χ2v) is 8.01. The molecule has 0 spiro atoms. The van der Waals surface area contributed by atoms with Crippen molar-refractivity contribution in [3.05, 3.63) is 93.6 Å². The van der Waals surface area contributed by atoms with E-state index >= 15 is 0 Å². The number of hydrogen-bond donors (Lipinski definition) is 0. The fourth-order valence-electron chi connectivity index (χ4n) is 3.73. The van der Waals surface area contributed by atoms with Crippen molar-refractivity contribution < 1.29 is 14.3 Å². The molecule has 3 aromatic carbocycles. The number of nitrogens with zero attached hydrogens (tertiary/aromatic N) is 2. The smallest absolute Gasteiger partial charge is 0.282 e. The predicted molar refractivity (Wildman–Crippen MR) is 129 cm³/mol. The van der Waals surface area contributed by atoms with Gasteiger partial charge in [0, 0.05) is 10.6 Å². The molecule has 1 aliphatic rings. The van der Waals surface area contributed by atoms with Gasteiger partial charge in [-0.1, -0.05) is 23.7 Å². The minimum Gasteiger partial charge on any atom is -0.493 e. The van der Waals surface area contributed by atoms with Crippen LogP contribution in [0.2, 0.25) is 5.02 Å². The van der Waals surface area contributed by atoms with Crippen molar-refractivity contribution in [3.8, 4) is 11.5 Å². The van der Waals surface area contributed by atoms with Crippen LogP contribution in [0.4, 0.5) is 5.69 Å². The molecule has 0 unspecified atom stereocenters. The molecule has 0 atom stereocenters. The van der Waals surface area contributed by atoms with Gasteiger partial charge >= 0.3 is 0 Å². The molecule has 0 bridgehead atoms. The summed E-state index contributed by atoms with van der Waals surface area (Å²) in [6.07, 6.45) is 1.75. The molecule has 0 saturated heterocycles. The van der Waals surface area contributed by atoms with Gasteiger partial charge in [0.1, 0.15) is 11.5 Å². The van der Waals surface area contributed by atoms with Gasteiger partial charge in [-0.3, -0.25) is 9.69 Å². The van der Waals surface area contributed by atoms with Crippen molar-refractivity contribution in [2.45, 2.75) is 13.8 Å². The van der Waals surface area contributed by atoms with E-state index in [0.29, 0.717) is 28.1 Å². The zero-order valence-electron chi connectivity index (χ0n) is 18.3. The summed E-state index contributed by atoms with van der Waals surface area (Å²) in [7, 11) is 3.16. The highest BCUT2D eigenvalue weighted by Crippen LogP contribution is 2.32. The summed E-state index contributed by atoms with van der Waals surface area (Å²) in [5.74, 6) is 1.56. The van der Waals surface area contributed by atoms with Gasteiger partial charge in [-0.15, -0.1) is 0 Å². The van der Waals surface area contributed by atoms with E-state index in [-0.39, 0.29) is 5.91 Å². The van der Waals surface area contributed by atoms with E-state index in [2.05, 4.69) is 6.07 Å².